The largest absolute Gasteiger partial charge is 0.497 e. The average molecular weight is 420 g/mol. The van der Waals surface area contributed by atoms with Crippen LogP contribution in [0.2, 0.25) is 0 Å². The summed E-state index contributed by atoms with van der Waals surface area (Å²) >= 11 is 1.56. The van der Waals surface area contributed by atoms with Crippen LogP contribution in [-0.2, 0) is 11.2 Å². The van der Waals surface area contributed by atoms with Gasteiger partial charge in [-0.1, -0.05) is 24.3 Å². The zero-order valence-corrected chi connectivity index (χ0v) is 17.1. The zero-order chi connectivity index (χ0) is 21.1. The molecular weight excluding hydrogens is 400 g/mol. The van der Waals surface area contributed by atoms with E-state index in [0.29, 0.717) is 35.5 Å². The van der Waals surface area contributed by atoms with Gasteiger partial charge in [-0.25, -0.2) is 5.48 Å². The SMILES string of the molecule is COc1ccc(/C(=C\c2cccs2)C(=O)N2CCc3c(C(=O)NO)cccc32)cc1. The van der Waals surface area contributed by atoms with E-state index in [1.165, 1.54) is 0 Å². The van der Waals surface area contributed by atoms with Gasteiger partial charge in [-0.3, -0.25) is 14.8 Å². The third-order valence-electron chi connectivity index (χ3n) is 5.08. The second-order valence-electron chi connectivity index (χ2n) is 6.75. The minimum atomic E-state index is -0.578. The number of hydrogen-bond acceptors (Lipinski definition) is 5. The molecular formula is C23H20N2O4S. The first-order chi connectivity index (χ1) is 14.6. The van der Waals surface area contributed by atoms with Gasteiger partial charge in [-0.05, 0) is 59.3 Å². The molecule has 0 saturated heterocycles. The van der Waals surface area contributed by atoms with Crippen molar-refractivity contribution in [3.63, 3.8) is 0 Å². The van der Waals surface area contributed by atoms with Crippen LogP contribution in [0.4, 0.5) is 5.69 Å². The molecule has 0 saturated carbocycles. The number of ether oxygens (including phenoxy) is 1. The third kappa shape index (κ3) is 3.72. The Morgan fingerprint density at radius 3 is 2.60 bits per heavy atom. The zero-order valence-electron chi connectivity index (χ0n) is 16.3. The number of anilines is 1. The van der Waals surface area contributed by atoms with Crippen LogP contribution in [-0.4, -0.2) is 30.7 Å². The summed E-state index contributed by atoms with van der Waals surface area (Å²) in [6.07, 6.45) is 2.43. The van der Waals surface area contributed by atoms with Crippen molar-refractivity contribution in [2.45, 2.75) is 6.42 Å². The lowest BCUT2D eigenvalue weighted by Gasteiger charge is -2.20. The minimum Gasteiger partial charge on any atom is -0.497 e. The van der Waals surface area contributed by atoms with E-state index in [-0.39, 0.29) is 5.91 Å². The van der Waals surface area contributed by atoms with Crippen molar-refractivity contribution < 1.29 is 19.5 Å². The van der Waals surface area contributed by atoms with Crippen molar-refractivity contribution >= 4 is 40.5 Å². The van der Waals surface area contributed by atoms with E-state index < -0.39 is 5.91 Å². The Balaban J connectivity index is 1.75. The maximum absolute atomic E-state index is 13.6. The molecule has 6 nitrogen and oxygen atoms in total. The molecule has 0 spiro atoms. The van der Waals surface area contributed by atoms with Gasteiger partial charge >= 0.3 is 0 Å². The van der Waals surface area contributed by atoms with Crippen molar-refractivity contribution in [3.8, 4) is 5.75 Å². The molecule has 152 valence electrons. The quantitative estimate of drug-likeness (QED) is 0.371. The van der Waals surface area contributed by atoms with Crippen molar-refractivity contribution in [2.24, 2.45) is 0 Å². The Morgan fingerprint density at radius 2 is 1.93 bits per heavy atom. The van der Waals surface area contributed by atoms with Crippen LogP contribution in [0.3, 0.4) is 0 Å². The molecule has 0 aliphatic carbocycles. The van der Waals surface area contributed by atoms with Crippen molar-refractivity contribution in [1.82, 2.24) is 5.48 Å². The van der Waals surface area contributed by atoms with E-state index >= 15 is 0 Å². The molecule has 2 heterocycles. The molecule has 0 unspecified atom stereocenters. The molecule has 0 radical (unpaired) electrons. The lowest BCUT2D eigenvalue weighted by atomic mass is 10.0. The number of nitrogens with one attached hydrogen (secondary N) is 1. The molecule has 3 aromatic rings. The van der Waals surface area contributed by atoms with E-state index in [1.54, 1.807) is 41.0 Å². The van der Waals surface area contributed by atoms with Crippen molar-refractivity contribution in [2.75, 3.05) is 18.6 Å². The molecule has 2 aromatic carbocycles. The summed E-state index contributed by atoms with van der Waals surface area (Å²) < 4.78 is 5.24. The van der Waals surface area contributed by atoms with E-state index in [4.69, 9.17) is 9.94 Å². The van der Waals surface area contributed by atoms with Gasteiger partial charge in [-0.2, -0.15) is 0 Å². The first-order valence-corrected chi connectivity index (χ1v) is 10.3. The molecule has 1 aliphatic heterocycles. The highest BCUT2D eigenvalue weighted by Crippen LogP contribution is 2.34. The third-order valence-corrected chi connectivity index (χ3v) is 5.90. The number of methoxy groups -OCH3 is 1. The fourth-order valence-corrected chi connectivity index (χ4v) is 4.28. The number of hydroxylamine groups is 1. The predicted octanol–water partition coefficient (Wildman–Crippen LogP) is 4.01. The number of nitrogens with zero attached hydrogens (tertiary/aromatic N) is 1. The van der Waals surface area contributed by atoms with Gasteiger partial charge in [0.1, 0.15) is 5.75 Å². The highest BCUT2D eigenvalue weighted by Gasteiger charge is 2.30. The average Bonchev–Trinajstić information content (AvgIpc) is 3.46. The Labute approximate surface area is 178 Å². The molecule has 30 heavy (non-hydrogen) atoms. The number of hydrogen-bond donors (Lipinski definition) is 2. The lowest BCUT2D eigenvalue weighted by Crippen LogP contribution is -2.29. The van der Waals surface area contributed by atoms with Crippen LogP contribution in [0.1, 0.15) is 26.4 Å². The van der Waals surface area contributed by atoms with Crippen molar-refractivity contribution in [1.29, 1.82) is 0 Å². The summed E-state index contributed by atoms with van der Waals surface area (Å²) in [6.45, 7) is 0.460. The molecule has 1 aromatic heterocycles. The number of amides is 2. The molecule has 0 atom stereocenters. The summed E-state index contributed by atoms with van der Waals surface area (Å²) in [5.74, 6) is -0.00706. The first-order valence-electron chi connectivity index (χ1n) is 9.40. The van der Waals surface area contributed by atoms with Gasteiger partial charge in [0.25, 0.3) is 11.8 Å². The summed E-state index contributed by atoms with van der Waals surface area (Å²) in [7, 11) is 1.60. The van der Waals surface area contributed by atoms with Gasteiger partial charge in [0.15, 0.2) is 0 Å². The van der Waals surface area contributed by atoms with Gasteiger partial charge in [0.05, 0.1) is 7.11 Å². The fourth-order valence-electron chi connectivity index (χ4n) is 3.62. The fraction of sp³-hybridized carbons (Fsp3) is 0.130. The number of carbonyl (C=O) groups is 2. The molecule has 7 heteroatoms. The summed E-state index contributed by atoms with van der Waals surface area (Å²) in [5, 5.41) is 11.0. The van der Waals surface area contributed by atoms with Crippen LogP contribution >= 0.6 is 11.3 Å². The van der Waals surface area contributed by atoms with Crippen molar-refractivity contribution in [3.05, 3.63) is 81.5 Å². The molecule has 1 aliphatic rings. The van der Waals surface area contributed by atoms with Crippen LogP contribution in [0.25, 0.3) is 11.6 Å². The summed E-state index contributed by atoms with van der Waals surface area (Å²) in [6, 6.07) is 16.5. The number of thiophene rings is 1. The maximum Gasteiger partial charge on any atom is 0.274 e. The minimum absolute atomic E-state index is 0.145. The van der Waals surface area contributed by atoms with Gasteiger partial charge in [0, 0.05) is 28.2 Å². The second kappa shape index (κ2) is 8.52. The van der Waals surface area contributed by atoms with Crippen LogP contribution in [0.5, 0.6) is 5.75 Å². The Bertz CT molecular complexity index is 1100. The summed E-state index contributed by atoms with van der Waals surface area (Å²) in [4.78, 5) is 28.3. The Kier molecular flexibility index (Phi) is 5.65. The van der Waals surface area contributed by atoms with E-state index in [2.05, 4.69) is 0 Å². The monoisotopic (exact) mass is 420 g/mol. The smallest absolute Gasteiger partial charge is 0.274 e. The van der Waals surface area contributed by atoms with E-state index in [9.17, 15) is 9.59 Å². The van der Waals surface area contributed by atoms with Gasteiger partial charge < -0.3 is 9.64 Å². The molecule has 0 fully saturated rings. The van der Waals surface area contributed by atoms with E-state index in [1.807, 2.05) is 53.9 Å². The first kappa shape index (κ1) is 19.9. The van der Waals surface area contributed by atoms with Gasteiger partial charge in [-0.15, -0.1) is 11.3 Å². The number of fused-ring (bicyclic) bond motifs is 1. The highest BCUT2D eigenvalue weighted by molar-refractivity contribution is 7.11. The molecule has 0 bridgehead atoms. The topological polar surface area (TPSA) is 78.9 Å². The lowest BCUT2D eigenvalue weighted by molar-refractivity contribution is -0.113. The molecule has 2 amide bonds. The van der Waals surface area contributed by atoms with Crippen LogP contribution in [0, 0.1) is 0 Å². The molecule has 4 rings (SSSR count). The number of benzene rings is 2. The standard InChI is InChI=1S/C23H20N2O4S/c1-29-16-9-7-15(8-10-16)20(14-17-4-3-13-30-17)23(27)25-12-11-18-19(22(26)24-28)5-2-6-21(18)25/h2-10,13-14,28H,11-12H2,1H3,(H,24,26)/b20-14+. The maximum atomic E-state index is 13.6. The highest BCUT2D eigenvalue weighted by atomic mass is 32.1. The van der Waals surface area contributed by atoms with Gasteiger partial charge in [0.2, 0.25) is 0 Å². The number of rotatable bonds is 5. The Morgan fingerprint density at radius 1 is 1.13 bits per heavy atom. The van der Waals surface area contributed by atoms with Crippen LogP contribution < -0.4 is 15.1 Å². The van der Waals surface area contributed by atoms with Crippen LogP contribution in [0.15, 0.2) is 60.0 Å². The second-order valence-corrected chi connectivity index (χ2v) is 7.73. The molecule has 2 N–H and O–H groups in total. The predicted molar refractivity (Wildman–Crippen MR) is 117 cm³/mol. The number of carbonyl (C=O) groups excluding carboxylic acids is 2. The Hall–Kier alpha value is -3.42. The summed E-state index contributed by atoms with van der Waals surface area (Å²) in [5.41, 5.74) is 4.84. The van der Waals surface area contributed by atoms with E-state index in [0.717, 1.165) is 16.0 Å². The normalized spacial score (nSPS) is 13.1.